The topological polar surface area (TPSA) is 68.4 Å². The zero-order valence-corrected chi connectivity index (χ0v) is 8.58. The molecule has 0 aliphatic carbocycles. The maximum absolute atomic E-state index is 9.68. The minimum absolute atomic E-state index is 0.185. The number of aryl methyl sites for hydroxylation is 1. The van der Waals surface area contributed by atoms with Crippen LogP contribution < -0.4 is 5.73 Å². The molecule has 0 saturated carbocycles. The van der Waals surface area contributed by atoms with Gasteiger partial charge in [0.25, 0.3) is 0 Å². The zero-order valence-electron chi connectivity index (χ0n) is 8.58. The van der Waals surface area contributed by atoms with Gasteiger partial charge in [-0.1, -0.05) is 0 Å². The Morgan fingerprint density at radius 2 is 2.29 bits per heavy atom. The van der Waals surface area contributed by atoms with Gasteiger partial charge in [-0.3, -0.25) is 4.98 Å². The quantitative estimate of drug-likeness (QED) is 0.756. The molecule has 78 valence electrons. The van der Waals surface area contributed by atoms with E-state index in [1.165, 1.54) is 0 Å². The predicted molar refractivity (Wildman–Crippen MR) is 53.9 cm³/mol. The van der Waals surface area contributed by atoms with Crippen molar-refractivity contribution in [2.24, 2.45) is 5.73 Å². The number of aromatic nitrogens is 1. The van der Waals surface area contributed by atoms with Gasteiger partial charge in [-0.2, -0.15) is 0 Å². The third-order valence-corrected chi connectivity index (χ3v) is 2.10. The van der Waals surface area contributed by atoms with Crippen LogP contribution >= 0.6 is 0 Å². The van der Waals surface area contributed by atoms with Crippen molar-refractivity contribution < 1.29 is 9.84 Å². The first kappa shape index (κ1) is 10.9. The smallest absolute Gasteiger partial charge is 0.141 e. The number of aromatic hydroxyl groups is 1. The maximum Gasteiger partial charge on any atom is 0.141 e. The number of hydrogen-bond acceptors (Lipinski definition) is 4. The Morgan fingerprint density at radius 3 is 2.86 bits per heavy atom. The second-order valence-corrected chi connectivity index (χ2v) is 3.04. The minimum atomic E-state index is 0.185. The molecule has 0 saturated heterocycles. The van der Waals surface area contributed by atoms with Crippen molar-refractivity contribution in [3.8, 4) is 5.75 Å². The Hall–Kier alpha value is -1.13. The third kappa shape index (κ3) is 2.21. The molecule has 0 amide bonds. The van der Waals surface area contributed by atoms with Gasteiger partial charge in [0.15, 0.2) is 0 Å². The van der Waals surface area contributed by atoms with Crippen LogP contribution in [0.3, 0.4) is 0 Å². The van der Waals surface area contributed by atoms with Crippen molar-refractivity contribution in [3.63, 3.8) is 0 Å². The predicted octanol–water partition coefficient (Wildman–Crippen LogP) is 1.09. The van der Waals surface area contributed by atoms with Crippen molar-refractivity contribution in [2.45, 2.75) is 27.0 Å². The SMILES string of the molecule is CCOCc1cnc(C)c(O)c1CN. The molecular formula is C10H16N2O2. The lowest BCUT2D eigenvalue weighted by atomic mass is 10.1. The number of pyridine rings is 1. The largest absolute Gasteiger partial charge is 0.506 e. The van der Waals surface area contributed by atoms with Crippen LogP contribution in [-0.4, -0.2) is 16.7 Å². The average molecular weight is 196 g/mol. The highest BCUT2D eigenvalue weighted by Gasteiger charge is 2.09. The van der Waals surface area contributed by atoms with Crippen LogP contribution in [0.4, 0.5) is 0 Å². The average Bonchev–Trinajstić information content (AvgIpc) is 2.20. The van der Waals surface area contributed by atoms with Gasteiger partial charge in [-0.05, 0) is 13.8 Å². The van der Waals surface area contributed by atoms with Crippen LogP contribution in [0, 0.1) is 6.92 Å². The highest BCUT2D eigenvalue weighted by atomic mass is 16.5. The van der Waals surface area contributed by atoms with Gasteiger partial charge in [-0.25, -0.2) is 0 Å². The summed E-state index contributed by atoms with van der Waals surface area (Å²) in [5.41, 5.74) is 7.74. The number of nitrogens with zero attached hydrogens (tertiary/aromatic N) is 1. The van der Waals surface area contributed by atoms with Gasteiger partial charge >= 0.3 is 0 Å². The third-order valence-electron chi connectivity index (χ3n) is 2.10. The monoisotopic (exact) mass is 196 g/mol. The van der Waals surface area contributed by atoms with Crippen molar-refractivity contribution in [1.29, 1.82) is 0 Å². The molecule has 0 unspecified atom stereocenters. The van der Waals surface area contributed by atoms with Gasteiger partial charge < -0.3 is 15.6 Å². The first-order chi connectivity index (χ1) is 6.70. The number of ether oxygens (including phenoxy) is 1. The van der Waals surface area contributed by atoms with Gasteiger partial charge in [0.2, 0.25) is 0 Å². The van der Waals surface area contributed by atoms with Crippen molar-refractivity contribution >= 4 is 0 Å². The van der Waals surface area contributed by atoms with Crippen LogP contribution in [-0.2, 0) is 17.9 Å². The van der Waals surface area contributed by atoms with E-state index in [0.29, 0.717) is 25.5 Å². The van der Waals surface area contributed by atoms with E-state index in [2.05, 4.69) is 4.98 Å². The van der Waals surface area contributed by atoms with Crippen molar-refractivity contribution in [1.82, 2.24) is 4.98 Å². The molecule has 1 rings (SSSR count). The summed E-state index contributed by atoms with van der Waals surface area (Å²) in [4.78, 5) is 4.05. The van der Waals surface area contributed by atoms with E-state index in [1.54, 1.807) is 13.1 Å². The van der Waals surface area contributed by atoms with Crippen LogP contribution in [0.5, 0.6) is 5.75 Å². The van der Waals surface area contributed by atoms with Crippen LogP contribution in [0.25, 0.3) is 0 Å². The summed E-state index contributed by atoms with van der Waals surface area (Å²) in [5.74, 6) is 0.185. The van der Waals surface area contributed by atoms with Crippen molar-refractivity contribution in [2.75, 3.05) is 6.61 Å². The molecule has 1 heterocycles. The van der Waals surface area contributed by atoms with Crippen molar-refractivity contribution in [3.05, 3.63) is 23.0 Å². The molecule has 4 nitrogen and oxygen atoms in total. The van der Waals surface area contributed by atoms with E-state index in [1.807, 2.05) is 6.92 Å². The molecule has 0 atom stereocenters. The Morgan fingerprint density at radius 1 is 1.57 bits per heavy atom. The first-order valence-electron chi connectivity index (χ1n) is 4.64. The van der Waals surface area contributed by atoms with E-state index >= 15 is 0 Å². The summed E-state index contributed by atoms with van der Waals surface area (Å²) in [7, 11) is 0. The minimum Gasteiger partial charge on any atom is -0.506 e. The molecule has 14 heavy (non-hydrogen) atoms. The molecule has 0 aromatic carbocycles. The van der Waals surface area contributed by atoms with Gasteiger partial charge in [-0.15, -0.1) is 0 Å². The highest BCUT2D eigenvalue weighted by Crippen LogP contribution is 2.23. The normalized spacial score (nSPS) is 10.5. The fourth-order valence-corrected chi connectivity index (χ4v) is 1.25. The standard InChI is InChI=1S/C10H16N2O2/c1-3-14-6-8-5-12-7(2)10(13)9(8)4-11/h5,13H,3-4,6,11H2,1-2H3. The molecule has 0 spiro atoms. The highest BCUT2D eigenvalue weighted by molar-refractivity contribution is 5.40. The number of rotatable bonds is 4. The molecule has 0 bridgehead atoms. The summed E-state index contributed by atoms with van der Waals surface area (Å²) in [6.07, 6.45) is 1.70. The molecular weight excluding hydrogens is 180 g/mol. The number of hydrogen-bond donors (Lipinski definition) is 2. The van der Waals surface area contributed by atoms with E-state index in [0.717, 1.165) is 11.1 Å². The summed E-state index contributed by atoms with van der Waals surface area (Å²) in [6, 6.07) is 0. The van der Waals surface area contributed by atoms with E-state index in [9.17, 15) is 5.11 Å². The van der Waals surface area contributed by atoms with E-state index < -0.39 is 0 Å². The molecule has 4 heteroatoms. The van der Waals surface area contributed by atoms with E-state index in [4.69, 9.17) is 10.5 Å². The maximum atomic E-state index is 9.68. The van der Waals surface area contributed by atoms with Crippen LogP contribution in [0.15, 0.2) is 6.20 Å². The summed E-state index contributed by atoms with van der Waals surface area (Å²) < 4.78 is 5.25. The Kier molecular flexibility index (Phi) is 3.85. The molecule has 0 aliphatic rings. The second kappa shape index (κ2) is 4.93. The molecule has 1 aromatic rings. The zero-order chi connectivity index (χ0) is 10.6. The molecule has 1 aromatic heterocycles. The van der Waals surface area contributed by atoms with Gasteiger partial charge in [0.05, 0.1) is 12.3 Å². The van der Waals surface area contributed by atoms with E-state index in [-0.39, 0.29) is 5.75 Å². The molecule has 0 fully saturated rings. The number of nitrogens with two attached hydrogens (primary N) is 1. The van der Waals surface area contributed by atoms with Gasteiger partial charge in [0.1, 0.15) is 5.75 Å². The summed E-state index contributed by atoms with van der Waals surface area (Å²) >= 11 is 0. The molecule has 3 N–H and O–H groups in total. The fourth-order valence-electron chi connectivity index (χ4n) is 1.25. The fraction of sp³-hybridized carbons (Fsp3) is 0.500. The summed E-state index contributed by atoms with van der Waals surface area (Å²) in [6.45, 7) is 5.06. The molecule has 0 aliphatic heterocycles. The lowest BCUT2D eigenvalue weighted by Crippen LogP contribution is -2.06. The Balaban J connectivity index is 2.98. The Bertz CT molecular complexity index is 313. The van der Waals surface area contributed by atoms with Crippen LogP contribution in [0.1, 0.15) is 23.7 Å². The van der Waals surface area contributed by atoms with Crippen LogP contribution in [0.2, 0.25) is 0 Å². The first-order valence-corrected chi connectivity index (χ1v) is 4.64. The lowest BCUT2D eigenvalue weighted by molar-refractivity contribution is 0.133. The Labute approximate surface area is 83.7 Å². The lowest BCUT2D eigenvalue weighted by Gasteiger charge is -2.10. The van der Waals surface area contributed by atoms with Gasteiger partial charge in [0, 0.05) is 30.5 Å². The summed E-state index contributed by atoms with van der Waals surface area (Å²) in [5, 5.41) is 9.68. The molecule has 0 radical (unpaired) electrons. The second-order valence-electron chi connectivity index (χ2n) is 3.04.